The molecule has 4 heteroatoms. The maximum absolute atomic E-state index is 10.6. The average molecular weight is 148 g/mol. The van der Waals surface area contributed by atoms with Crippen LogP contribution in [-0.2, 0) is 14.6 Å². The van der Waals surface area contributed by atoms with Crippen molar-refractivity contribution in [1.29, 1.82) is 0 Å². The zero-order chi connectivity index (χ0) is 6.91. The standard InChI is InChI=1S/C5H8O3S/c1-8-5-2-3-9(6,7)4-5/h2-3,5H,4H2,1H3. The van der Waals surface area contributed by atoms with Crippen LogP contribution in [0.2, 0.25) is 0 Å². The number of sulfone groups is 1. The van der Waals surface area contributed by atoms with Gasteiger partial charge in [0, 0.05) is 12.5 Å². The first kappa shape index (κ1) is 6.77. The summed E-state index contributed by atoms with van der Waals surface area (Å²) >= 11 is 0. The summed E-state index contributed by atoms with van der Waals surface area (Å²) in [7, 11) is -1.42. The van der Waals surface area contributed by atoms with Gasteiger partial charge in [-0.2, -0.15) is 0 Å². The molecule has 0 saturated heterocycles. The van der Waals surface area contributed by atoms with E-state index in [0.29, 0.717) is 0 Å². The van der Waals surface area contributed by atoms with E-state index in [1.54, 1.807) is 6.08 Å². The summed E-state index contributed by atoms with van der Waals surface area (Å²) in [5.74, 6) is 0.101. The van der Waals surface area contributed by atoms with E-state index in [1.165, 1.54) is 12.5 Å². The van der Waals surface area contributed by atoms with Gasteiger partial charge in [-0.25, -0.2) is 8.42 Å². The molecule has 0 aromatic heterocycles. The molecular weight excluding hydrogens is 140 g/mol. The molecule has 9 heavy (non-hydrogen) atoms. The molecule has 0 saturated carbocycles. The van der Waals surface area contributed by atoms with Crippen LogP contribution >= 0.6 is 0 Å². The van der Waals surface area contributed by atoms with Crippen molar-refractivity contribution in [2.24, 2.45) is 0 Å². The lowest BCUT2D eigenvalue weighted by molar-refractivity contribution is 0.160. The molecular formula is C5H8O3S. The summed E-state index contributed by atoms with van der Waals surface area (Å²) in [4.78, 5) is 0. The lowest BCUT2D eigenvalue weighted by Crippen LogP contribution is -2.12. The predicted molar refractivity (Wildman–Crippen MR) is 33.7 cm³/mol. The Morgan fingerprint density at radius 1 is 1.67 bits per heavy atom. The van der Waals surface area contributed by atoms with Crippen LogP contribution in [0.3, 0.4) is 0 Å². The maximum Gasteiger partial charge on any atom is 0.174 e. The zero-order valence-electron chi connectivity index (χ0n) is 5.07. The van der Waals surface area contributed by atoms with Gasteiger partial charge in [-0.05, 0) is 6.08 Å². The second-order valence-corrected chi connectivity index (χ2v) is 3.86. The van der Waals surface area contributed by atoms with Crippen LogP contribution < -0.4 is 0 Å². The third-order valence-electron chi connectivity index (χ3n) is 1.20. The molecule has 0 fully saturated rings. The van der Waals surface area contributed by atoms with Gasteiger partial charge in [0.05, 0.1) is 11.9 Å². The second kappa shape index (κ2) is 2.11. The summed E-state index contributed by atoms with van der Waals surface area (Å²) in [5, 5.41) is 1.20. The number of methoxy groups -OCH3 is 1. The van der Waals surface area contributed by atoms with Crippen molar-refractivity contribution in [1.82, 2.24) is 0 Å². The Bertz CT molecular complexity index is 214. The summed E-state index contributed by atoms with van der Waals surface area (Å²) in [6.07, 6.45) is 1.32. The zero-order valence-corrected chi connectivity index (χ0v) is 5.89. The highest BCUT2D eigenvalue weighted by molar-refractivity contribution is 7.94. The van der Waals surface area contributed by atoms with Crippen LogP contribution in [0.5, 0.6) is 0 Å². The normalized spacial score (nSPS) is 31.0. The highest BCUT2D eigenvalue weighted by Crippen LogP contribution is 2.09. The topological polar surface area (TPSA) is 43.4 Å². The molecule has 52 valence electrons. The van der Waals surface area contributed by atoms with Gasteiger partial charge in [0.2, 0.25) is 0 Å². The molecule has 1 aliphatic heterocycles. The fourth-order valence-corrected chi connectivity index (χ4v) is 1.92. The smallest absolute Gasteiger partial charge is 0.174 e. The molecule has 1 rings (SSSR count). The van der Waals surface area contributed by atoms with Gasteiger partial charge in [-0.15, -0.1) is 0 Å². The number of hydrogen-bond donors (Lipinski definition) is 0. The van der Waals surface area contributed by atoms with Crippen LogP contribution in [0.15, 0.2) is 11.5 Å². The van der Waals surface area contributed by atoms with Gasteiger partial charge >= 0.3 is 0 Å². The molecule has 0 radical (unpaired) electrons. The predicted octanol–water partition coefficient (Wildman–Crippen LogP) is -0.0565. The number of ether oxygens (including phenoxy) is 1. The van der Waals surface area contributed by atoms with Crippen molar-refractivity contribution in [2.75, 3.05) is 12.9 Å². The van der Waals surface area contributed by atoms with E-state index in [2.05, 4.69) is 0 Å². The Morgan fingerprint density at radius 2 is 2.33 bits per heavy atom. The molecule has 0 spiro atoms. The highest BCUT2D eigenvalue weighted by atomic mass is 32.2. The minimum absolute atomic E-state index is 0.101. The first-order chi connectivity index (χ1) is 4.14. The van der Waals surface area contributed by atoms with E-state index in [0.717, 1.165) is 0 Å². The molecule has 1 aliphatic rings. The molecule has 0 bridgehead atoms. The van der Waals surface area contributed by atoms with E-state index in [9.17, 15) is 8.42 Å². The molecule has 0 N–H and O–H groups in total. The third-order valence-corrected chi connectivity index (χ3v) is 2.56. The molecule has 0 aliphatic carbocycles. The van der Waals surface area contributed by atoms with E-state index < -0.39 is 9.84 Å². The highest BCUT2D eigenvalue weighted by Gasteiger charge is 2.20. The van der Waals surface area contributed by atoms with Gasteiger partial charge in [-0.1, -0.05) is 0 Å². The summed E-state index contributed by atoms with van der Waals surface area (Å²) in [6.45, 7) is 0. The van der Waals surface area contributed by atoms with Gasteiger partial charge in [-0.3, -0.25) is 0 Å². The van der Waals surface area contributed by atoms with Crippen LogP contribution in [0.1, 0.15) is 0 Å². The minimum atomic E-state index is -2.91. The second-order valence-electron chi connectivity index (χ2n) is 1.93. The first-order valence-corrected chi connectivity index (χ1v) is 4.29. The van der Waals surface area contributed by atoms with Crippen LogP contribution in [0, 0.1) is 0 Å². The van der Waals surface area contributed by atoms with E-state index in [4.69, 9.17) is 4.74 Å². The van der Waals surface area contributed by atoms with E-state index in [1.807, 2.05) is 0 Å². The molecule has 1 heterocycles. The third kappa shape index (κ3) is 1.53. The Hall–Kier alpha value is -0.350. The Balaban J connectivity index is 2.72. The Labute approximate surface area is 54.2 Å². The molecule has 0 amide bonds. The minimum Gasteiger partial charge on any atom is -0.376 e. The van der Waals surface area contributed by atoms with Crippen LogP contribution in [-0.4, -0.2) is 27.4 Å². The van der Waals surface area contributed by atoms with Crippen molar-refractivity contribution < 1.29 is 13.2 Å². The summed E-state index contributed by atoms with van der Waals surface area (Å²) in [6, 6.07) is 0. The summed E-state index contributed by atoms with van der Waals surface area (Å²) < 4.78 is 26.0. The molecule has 0 aromatic carbocycles. The average Bonchev–Trinajstić information content (AvgIpc) is 2.10. The van der Waals surface area contributed by atoms with Crippen molar-refractivity contribution in [2.45, 2.75) is 6.10 Å². The van der Waals surface area contributed by atoms with Gasteiger partial charge in [0.1, 0.15) is 0 Å². The Morgan fingerprint density at radius 3 is 2.56 bits per heavy atom. The Kier molecular flexibility index (Phi) is 1.59. The maximum atomic E-state index is 10.6. The van der Waals surface area contributed by atoms with Gasteiger partial charge in [0.15, 0.2) is 9.84 Å². The molecule has 1 unspecified atom stereocenters. The molecule has 1 atom stereocenters. The quantitative estimate of drug-likeness (QED) is 0.523. The van der Waals surface area contributed by atoms with Crippen molar-refractivity contribution in [3.63, 3.8) is 0 Å². The van der Waals surface area contributed by atoms with Gasteiger partial charge in [0.25, 0.3) is 0 Å². The number of hydrogen-bond acceptors (Lipinski definition) is 3. The lowest BCUT2D eigenvalue weighted by atomic mass is 10.4. The monoisotopic (exact) mass is 148 g/mol. The van der Waals surface area contributed by atoms with Crippen molar-refractivity contribution in [3.05, 3.63) is 11.5 Å². The van der Waals surface area contributed by atoms with Crippen LogP contribution in [0.4, 0.5) is 0 Å². The largest absolute Gasteiger partial charge is 0.376 e. The first-order valence-electron chi connectivity index (χ1n) is 2.58. The number of rotatable bonds is 1. The molecule has 0 aromatic rings. The summed E-state index contributed by atoms with van der Waals surface area (Å²) in [5.41, 5.74) is 0. The molecule has 3 nitrogen and oxygen atoms in total. The fraction of sp³-hybridized carbons (Fsp3) is 0.600. The van der Waals surface area contributed by atoms with Crippen LogP contribution in [0.25, 0.3) is 0 Å². The van der Waals surface area contributed by atoms with E-state index in [-0.39, 0.29) is 11.9 Å². The van der Waals surface area contributed by atoms with Crippen molar-refractivity contribution in [3.8, 4) is 0 Å². The van der Waals surface area contributed by atoms with E-state index >= 15 is 0 Å². The SMILES string of the molecule is COC1C=CS(=O)(=O)C1. The van der Waals surface area contributed by atoms with Crippen molar-refractivity contribution >= 4 is 9.84 Å². The van der Waals surface area contributed by atoms with Gasteiger partial charge < -0.3 is 4.74 Å². The fourth-order valence-electron chi connectivity index (χ4n) is 0.694. The lowest BCUT2D eigenvalue weighted by Gasteiger charge is -2.00.